The number of fused-ring (bicyclic) bond motifs is 2. The van der Waals surface area contributed by atoms with E-state index in [4.69, 9.17) is 39.2 Å². The summed E-state index contributed by atoms with van der Waals surface area (Å²) in [5, 5.41) is 10.1. The van der Waals surface area contributed by atoms with Crippen molar-refractivity contribution in [3.05, 3.63) is 40.5 Å². The first-order valence-electron chi connectivity index (χ1n) is 11.1. The molecule has 166 valence electrons. The Morgan fingerprint density at radius 1 is 1.03 bits per heavy atom. The molecule has 0 amide bonds. The van der Waals surface area contributed by atoms with E-state index < -0.39 is 0 Å². The Labute approximate surface area is 213 Å². The van der Waals surface area contributed by atoms with Crippen LogP contribution in [0.3, 0.4) is 0 Å². The number of hydrogen-bond donors (Lipinski definition) is 0. The van der Waals surface area contributed by atoms with Crippen molar-refractivity contribution in [1.82, 2.24) is 0 Å². The van der Waals surface area contributed by atoms with Gasteiger partial charge in [-0.15, -0.1) is 6.04 Å². The molecule has 3 aliphatic rings. The molecule has 5 atom stereocenters. The molecule has 2 fully saturated rings. The van der Waals surface area contributed by atoms with Gasteiger partial charge in [0.2, 0.25) is 0 Å². The Kier molecular flexibility index (Phi) is 11.8. The van der Waals surface area contributed by atoms with E-state index in [0.29, 0.717) is 29.2 Å². The fourth-order valence-electron chi connectivity index (χ4n) is 4.52. The Bertz CT molecular complexity index is 683. The molecule has 1 aromatic carbocycles. The summed E-state index contributed by atoms with van der Waals surface area (Å²) in [5.41, 5.74) is 2.14. The van der Waals surface area contributed by atoms with E-state index in [0.717, 1.165) is 45.3 Å². The van der Waals surface area contributed by atoms with E-state index in [9.17, 15) is 0 Å². The molecule has 0 N–H and O–H groups in total. The molecular weight excluding hydrogens is 531 g/mol. The normalized spacial score (nSPS) is 29.5. The van der Waals surface area contributed by atoms with Gasteiger partial charge >= 0.3 is 31.8 Å². The van der Waals surface area contributed by atoms with Crippen molar-refractivity contribution in [1.29, 1.82) is 0 Å². The fourth-order valence-corrected chi connectivity index (χ4v) is 5.23. The third kappa shape index (κ3) is 7.23. The summed E-state index contributed by atoms with van der Waals surface area (Å²) in [5.74, 6) is 2.08. The van der Waals surface area contributed by atoms with Crippen LogP contribution in [0.15, 0.2) is 29.2 Å². The summed E-state index contributed by atoms with van der Waals surface area (Å²) in [6.07, 6.45) is 10.9. The van der Waals surface area contributed by atoms with Crippen LogP contribution in [0.2, 0.25) is 0 Å². The molecule has 30 heavy (non-hydrogen) atoms. The molecule has 1 aromatic rings. The van der Waals surface area contributed by atoms with Crippen molar-refractivity contribution < 1.29 is 0 Å². The summed E-state index contributed by atoms with van der Waals surface area (Å²) < 4.78 is 0. The van der Waals surface area contributed by atoms with E-state index in [1.54, 1.807) is 0 Å². The topological polar surface area (TPSA) is 28.2 Å². The van der Waals surface area contributed by atoms with Gasteiger partial charge in [0, 0.05) is 0 Å². The predicted molar refractivity (Wildman–Crippen MR) is 138 cm³/mol. The first-order chi connectivity index (χ1) is 14.4. The van der Waals surface area contributed by atoms with Crippen LogP contribution < -0.4 is 0 Å². The standard InChI is InChI=1S/C12H22NS.C12H14NS.ClH.In/c2*1-8(2)10-7-6-9-4-3-5-11(14)12(9)13-10;;/h8-12,14H,3-7H2,1-2H3;3-8,10,14H,1-2H3;1H;/q2*-1;;+1/p-3. The van der Waals surface area contributed by atoms with Gasteiger partial charge in [-0.3, -0.25) is 0 Å². The van der Waals surface area contributed by atoms with E-state index in [1.807, 2.05) is 12.1 Å². The number of halogens is 1. The van der Waals surface area contributed by atoms with Crippen molar-refractivity contribution in [3.8, 4) is 0 Å². The van der Waals surface area contributed by atoms with E-state index >= 15 is 0 Å². The average Bonchev–Trinajstić information content (AvgIpc) is 2.75. The van der Waals surface area contributed by atoms with Crippen LogP contribution in [0.25, 0.3) is 16.7 Å². The van der Waals surface area contributed by atoms with Crippen molar-refractivity contribution in [3.63, 3.8) is 0 Å². The molecule has 1 aliphatic carbocycles. The number of rotatable bonds is 2. The van der Waals surface area contributed by atoms with Gasteiger partial charge in [-0.25, -0.2) is 0 Å². The van der Waals surface area contributed by atoms with E-state index in [-0.39, 0.29) is 6.04 Å². The SMILES string of the molecule is CC(C)C1C=Cc2cccc([S-])c2[N-]1.CC(C)C1CCC2CCCC([S-])C2[N-]1.[Cl][In]. The van der Waals surface area contributed by atoms with Crippen LogP contribution in [0.4, 0.5) is 5.69 Å². The molecule has 0 bridgehead atoms. The molecule has 0 aromatic heterocycles. The van der Waals surface area contributed by atoms with E-state index in [1.165, 1.54) is 32.1 Å². The zero-order chi connectivity index (χ0) is 22.3. The van der Waals surface area contributed by atoms with Gasteiger partial charge in [-0.2, -0.15) is 21.9 Å². The van der Waals surface area contributed by atoms with Crippen LogP contribution in [0.1, 0.15) is 65.4 Å². The second kappa shape index (κ2) is 13.2. The average molecular weight is 565 g/mol. The van der Waals surface area contributed by atoms with Crippen molar-refractivity contribution in [2.45, 2.75) is 88.1 Å². The number of benzene rings is 1. The number of para-hydroxylation sites is 1. The molecule has 0 spiro atoms. The number of nitrogens with zero attached hydrogens (tertiary/aromatic N) is 2. The van der Waals surface area contributed by atoms with Crippen molar-refractivity contribution in [2.24, 2.45) is 17.8 Å². The maximum absolute atomic E-state index is 5.53. The van der Waals surface area contributed by atoms with Crippen LogP contribution in [0.5, 0.6) is 0 Å². The van der Waals surface area contributed by atoms with Crippen LogP contribution in [-0.2, 0) is 25.3 Å². The molecule has 1 saturated heterocycles. The third-order valence-corrected chi connectivity index (χ3v) is 7.20. The fraction of sp³-hybridized carbons (Fsp3) is 0.667. The first kappa shape index (κ1) is 26.7. The zero-order valence-electron chi connectivity index (χ0n) is 18.6. The molecule has 1 saturated carbocycles. The van der Waals surface area contributed by atoms with Gasteiger partial charge in [0.05, 0.1) is 0 Å². The Balaban J connectivity index is 0.000000197. The summed E-state index contributed by atoms with van der Waals surface area (Å²) in [7, 11) is 4.77. The monoisotopic (exact) mass is 564 g/mol. The van der Waals surface area contributed by atoms with Gasteiger partial charge in [0.25, 0.3) is 0 Å². The molecule has 4 rings (SSSR count). The maximum atomic E-state index is 5.53. The molecule has 2 aliphatic heterocycles. The minimum absolute atomic E-state index is 0.284. The summed E-state index contributed by atoms with van der Waals surface area (Å²) >= 11 is 11.6. The molecular formula is C24H34ClInN2S2-4. The van der Waals surface area contributed by atoms with Crippen LogP contribution in [0, 0.1) is 17.8 Å². The second-order valence-electron chi connectivity index (χ2n) is 9.17. The quantitative estimate of drug-likeness (QED) is 0.355. The van der Waals surface area contributed by atoms with Gasteiger partial charge in [-0.05, 0) is 5.56 Å². The van der Waals surface area contributed by atoms with Gasteiger partial charge in [0.1, 0.15) is 0 Å². The Morgan fingerprint density at radius 3 is 2.43 bits per heavy atom. The Hall–Kier alpha value is 0.450. The van der Waals surface area contributed by atoms with Gasteiger partial charge in [-0.1, -0.05) is 114 Å². The first-order valence-corrected chi connectivity index (χ1v) is 16.2. The Morgan fingerprint density at radius 2 is 1.77 bits per heavy atom. The zero-order valence-corrected chi connectivity index (χ0v) is 24.3. The molecule has 6 heteroatoms. The predicted octanol–water partition coefficient (Wildman–Crippen LogP) is 7.22. The van der Waals surface area contributed by atoms with Crippen LogP contribution >= 0.6 is 8.58 Å². The summed E-state index contributed by atoms with van der Waals surface area (Å²) in [4.78, 5) is 0.859. The third-order valence-electron chi connectivity index (χ3n) is 6.36. The number of hydrogen-bond acceptors (Lipinski definition) is 2. The summed E-state index contributed by atoms with van der Waals surface area (Å²) in [6, 6.07) is 7.39. The van der Waals surface area contributed by atoms with Crippen LogP contribution in [-0.4, -0.2) is 46.6 Å². The summed E-state index contributed by atoms with van der Waals surface area (Å²) in [6.45, 7) is 8.93. The van der Waals surface area contributed by atoms with Crippen molar-refractivity contribution >= 4 is 68.8 Å². The molecule has 2 nitrogen and oxygen atoms in total. The van der Waals surface area contributed by atoms with E-state index in [2.05, 4.69) is 51.2 Å². The number of piperidine rings is 1. The van der Waals surface area contributed by atoms with Gasteiger partial charge < -0.3 is 35.9 Å². The molecule has 5 unspecified atom stereocenters. The van der Waals surface area contributed by atoms with Crippen molar-refractivity contribution in [2.75, 3.05) is 0 Å². The van der Waals surface area contributed by atoms with Gasteiger partial charge in [0.15, 0.2) is 0 Å². The molecule has 2 heterocycles. The second-order valence-corrected chi connectivity index (χ2v) is 10.2. The molecule has 2 radical (unpaired) electrons. The minimum atomic E-state index is 0.284.